The topological polar surface area (TPSA) is 12.0 Å². The van der Waals surface area contributed by atoms with Crippen molar-refractivity contribution in [3.05, 3.63) is 0 Å². The average molecular weight is 225 g/mol. The van der Waals surface area contributed by atoms with Crippen LogP contribution in [-0.4, -0.2) is 12.1 Å². The molecular weight excluding hydrogens is 194 g/mol. The number of nitrogens with one attached hydrogen (secondary N) is 1. The van der Waals surface area contributed by atoms with Gasteiger partial charge in [0.05, 0.1) is 0 Å². The van der Waals surface area contributed by atoms with Crippen LogP contribution in [0.25, 0.3) is 0 Å². The molecule has 16 heavy (non-hydrogen) atoms. The van der Waals surface area contributed by atoms with Gasteiger partial charge in [-0.1, -0.05) is 34.6 Å². The third-order valence-corrected chi connectivity index (χ3v) is 3.73. The lowest BCUT2D eigenvalue weighted by atomic mass is 9.70. The van der Waals surface area contributed by atoms with Crippen molar-refractivity contribution in [1.82, 2.24) is 5.32 Å². The first-order valence-corrected chi connectivity index (χ1v) is 7.04. The summed E-state index contributed by atoms with van der Waals surface area (Å²) in [5, 5.41) is 3.84. The second-order valence-electron chi connectivity index (χ2n) is 7.31. The average Bonchev–Trinajstić information content (AvgIpc) is 1.95. The zero-order valence-corrected chi connectivity index (χ0v) is 12.1. The molecule has 1 aliphatic rings. The Labute approximate surface area is 102 Å². The second-order valence-corrected chi connectivity index (χ2v) is 7.31. The molecule has 1 heteroatoms. The van der Waals surface area contributed by atoms with Crippen LogP contribution >= 0.6 is 0 Å². The fourth-order valence-electron chi connectivity index (χ4n) is 3.65. The van der Waals surface area contributed by atoms with E-state index in [4.69, 9.17) is 0 Å². The van der Waals surface area contributed by atoms with Crippen LogP contribution in [0.5, 0.6) is 0 Å². The Morgan fingerprint density at radius 2 is 1.81 bits per heavy atom. The lowest BCUT2D eigenvalue weighted by Gasteiger charge is -2.40. The molecule has 0 aliphatic heterocycles. The quantitative estimate of drug-likeness (QED) is 0.755. The SMILES string of the molecule is CC(C)CC(C)NC1CC(C)CC(C)(C)C1. The Hall–Kier alpha value is -0.0400. The molecule has 96 valence electrons. The Morgan fingerprint density at radius 3 is 2.31 bits per heavy atom. The van der Waals surface area contributed by atoms with Crippen LogP contribution in [0, 0.1) is 17.3 Å². The smallest absolute Gasteiger partial charge is 0.00771 e. The van der Waals surface area contributed by atoms with Crippen molar-refractivity contribution >= 4 is 0 Å². The summed E-state index contributed by atoms with van der Waals surface area (Å²) in [6, 6.07) is 1.42. The van der Waals surface area contributed by atoms with Gasteiger partial charge in [-0.2, -0.15) is 0 Å². The van der Waals surface area contributed by atoms with E-state index in [9.17, 15) is 0 Å². The fourth-order valence-corrected chi connectivity index (χ4v) is 3.65. The molecule has 3 atom stereocenters. The minimum atomic E-state index is 0.535. The first-order valence-electron chi connectivity index (χ1n) is 7.04. The van der Waals surface area contributed by atoms with Crippen molar-refractivity contribution in [2.45, 2.75) is 79.3 Å². The number of hydrogen-bond donors (Lipinski definition) is 1. The summed E-state index contributed by atoms with van der Waals surface area (Å²) in [6.07, 6.45) is 5.40. The van der Waals surface area contributed by atoms with Gasteiger partial charge in [0.15, 0.2) is 0 Å². The first kappa shape index (κ1) is 14.0. The van der Waals surface area contributed by atoms with Crippen molar-refractivity contribution in [3.8, 4) is 0 Å². The van der Waals surface area contributed by atoms with Gasteiger partial charge in [0.1, 0.15) is 0 Å². The van der Waals surface area contributed by atoms with Gasteiger partial charge >= 0.3 is 0 Å². The predicted molar refractivity (Wildman–Crippen MR) is 72.6 cm³/mol. The molecular formula is C15H31N. The van der Waals surface area contributed by atoms with Crippen LogP contribution in [0.15, 0.2) is 0 Å². The van der Waals surface area contributed by atoms with Gasteiger partial charge in [-0.3, -0.25) is 0 Å². The van der Waals surface area contributed by atoms with E-state index in [1.807, 2.05) is 0 Å². The standard InChI is InChI=1S/C15H31N/c1-11(2)7-13(4)16-14-8-12(3)9-15(5,6)10-14/h11-14,16H,7-10H2,1-6H3. The molecule has 0 amide bonds. The molecule has 1 aliphatic carbocycles. The van der Waals surface area contributed by atoms with Crippen LogP contribution < -0.4 is 5.32 Å². The monoisotopic (exact) mass is 225 g/mol. The molecule has 0 bridgehead atoms. The highest BCUT2D eigenvalue weighted by Crippen LogP contribution is 2.38. The van der Waals surface area contributed by atoms with E-state index in [1.165, 1.54) is 25.7 Å². The summed E-state index contributed by atoms with van der Waals surface area (Å²) >= 11 is 0. The molecule has 1 fully saturated rings. The highest BCUT2D eigenvalue weighted by Gasteiger charge is 2.32. The largest absolute Gasteiger partial charge is 0.311 e. The van der Waals surface area contributed by atoms with E-state index in [0.29, 0.717) is 11.5 Å². The first-order chi connectivity index (χ1) is 7.28. The molecule has 0 radical (unpaired) electrons. The molecule has 0 heterocycles. The molecule has 0 aromatic carbocycles. The molecule has 0 spiro atoms. The van der Waals surface area contributed by atoms with Crippen molar-refractivity contribution in [3.63, 3.8) is 0 Å². The Kier molecular flexibility index (Phi) is 4.85. The third kappa shape index (κ3) is 4.86. The van der Waals surface area contributed by atoms with Crippen LogP contribution in [0.4, 0.5) is 0 Å². The summed E-state index contributed by atoms with van der Waals surface area (Å²) in [4.78, 5) is 0. The highest BCUT2D eigenvalue weighted by atomic mass is 14.9. The highest BCUT2D eigenvalue weighted by molar-refractivity contribution is 4.87. The van der Waals surface area contributed by atoms with Gasteiger partial charge in [0.25, 0.3) is 0 Å². The normalized spacial score (nSPS) is 31.7. The molecule has 1 saturated carbocycles. The van der Waals surface area contributed by atoms with Crippen molar-refractivity contribution < 1.29 is 0 Å². The minimum absolute atomic E-state index is 0.535. The van der Waals surface area contributed by atoms with E-state index in [2.05, 4.69) is 46.9 Å². The Balaban J connectivity index is 2.41. The van der Waals surface area contributed by atoms with Gasteiger partial charge in [-0.05, 0) is 49.9 Å². The van der Waals surface area contributed by atoms with Gasteiger partial charge in [0, 0.05) is 12.1 Å². The molecule has 0 saturated heterocycles. The van der Waals surface area contributed by atoms with Crippen LogP contribution in [0.3, 0.4) is 0 Å². The third-order valence-electron chi connectivity index (χ3n) is 3.73. The molecule has 3 unspecified atom stereocenters. The Bertz CT molecular complexity index is 207. The second kappa shape index (κ2) is 5.53. The molecule has 1 rings (SSSR count). The van der Waals surface area contributed by atoms with Crippen molar-refractivity contribution in [2.24, 2.45) is 17.3 Å². The van der Waals surface area contributed by atoms with Crippen LogP contribution in [0.2, 0.25) is 0 Å². The molecule has 1 nitrogen and oxygen atoms in total. The van der Waals surface area contributed by atoms with Gasteiger partial charge < -0.3 is 5.32 Å². The fraction of sp³-hybridized carbons (Fsp3) is 1.00. The van der Waals surface area contributed by atoms with Gasteiger partial charge in [0.2, 0.25) is 0 Å². The maximum Gasteiger partial charge on any atom is 0.00771 e. The number of hydrogen-bond acceptors (Lipinski definition) is 1. The van der Waals surface area contributed by atoms with E-state index >= 15 is 0 Å². The minimum Gasteiger partial charge on any atom is -0.311 e. The lowest BCUT2D eigenvalue weighted by Crippen LogP contribution is -2.44. The van der Waals surface area contributed by atoms with Crippen molar-refractivity contribution in [1.29, 1.82) is 0 Å². The van der Waals surface area contributed by atoms with E-state index in [0.717, 1.165) is 17.9 Å². The summed E-state index contributed by atoms with van der Waals surface area (Å²) in [6.45, 7) is 14.2. The summed E-state index contributed by atoms with van der Waals surface area (Å²) in [7, 11) is 0. The summed E-state index contributed by atoms with van der Waals surface area (Å²) in [5.74, 6) is 1.68. The van der Waals surface area contributed by atoms with E-state index < -0.39 is 0 Å². The lowest BCUT2D eigenvalue weighted by molar-refractivity contribution is 0.143. The molecule has 0 aromatic heterocycles. The maximum atomic E-state index is 3.84. The van der Waals surface area contributed by atoms with E-state index in [1.54, 1.807) is 0 Å². The van der Waals surface area contributed by atoms with Crippen LogP contribution in [-0.2, 0) is 0 Å². The predicted octanol–water partition coefficient (Wildman–Crippen LogP) is 4.23. The maximum absolute atomic E-state index is 3.84. The van der Waals surface area contributed by atoms with Crippen molar-refractivity contribution in [2.75, 3.05) is 0 Å². The zero-order valence-electron chi connectivity index (χ0n) is 12.1. The number of rotatable bonds is 4. The van der Waals surface area contributed by atoms with E-state index in [-0.39, 0.29) is 0 Å². The van der Waals surface area contributed by atoms with Gasteiger partial charge in [-0.15, -0.1) is 0 Å². The Morgan fingerprint density at radius 1 is 1.19 bits per heavy atom. The van der Waals surface area contributed by atoms with Crippen LogP contribution in [0.1, 0.15) is 67.2 Å². The van der Waals surface area contributed by atoms with Gasteiger partial charge in [-0.25, -0.2) is 0 Å². The summed E-state index contributed by atoms with van der Waals surface area (Å²) < 4.78 is 0. The summed E-state index contributed by atoms with van der Waals surface area (Å²) in [5.41, 5.74) is 0.535. The zero-order chi connectivity index (χ0) is 12.3. The molecule has 0 aromatic rings. The molecule has 1 N–H and O–H groups in total.